The van der Waals surface area contributed by atoms with Gasteiger partial charge in [-0.15, -0.1) is 0 Å². The van der Waals surface area contributed by atoms with Crippen molar-refractivity contribution in [2.75, 3.05) is 18.5 Å². The molecule has 0 bridgehead atoms. The third-order valence-corrected chi connectivity index (χ3v) is 5.84. The van der Waals surface area contributed by atoms with E-state index in [4.69, 9.17) is 13.9 Å². The van der Waals surface area contributed by atoms with Gasteiger partial charge in [-0.25, -0.2) is 4.79 Å². The van der Waals surface area contributed by atoms with E-state index < -0.39 is 11.4 Å². The second kappa shape index (κ2) is 12.7. The van der Waals surface area contributed by atoms with Crippen molar-refractivity contribution in [2.45, 2.75) is 33.1 Å². The zero-order valence-electron chi connectivity index (χ0n) is 21.6. The zero-order chi connectivity index (χ0) is 26.9. The molecular weight excluding hydrogens is 482 g/mol. The Balaban J connectivity index is 1.37. The molecular formula is C31H31NO6. The molecule has 38 heavy (non-hydrogen) atoms. The summed E-state index contributed by atoms with van der Waals surface area (Å²) in [7, 11) is 0. The maximum Gasteiger partial charge on any atom is 0.374 e. The number of esters is 1. The van der Waals surface area contributed by atoms with Gasteiger partial charge in [0.05, 0.1) is 24.3 Å². The number of ether oxygens (including phenoxy) is 2. The quantitative estimate of drug-likeness (QED) is 0.188. The Hall–Kier alpha value is -4.39. The molecule has 0 atom stereocenters. The van der Waals surface area contributed by atoms with Gasteiger partial charge in [0.2, 0.25) is 5.76 Å². The molecule has 0 unspecified atom stereocenters. The van der Waals surface area contributed by atoms with E-state index in [0.29, 0.717) is 17.9 Å². The smallest absolute Gasteiger partial charge is 0.374 e. The molecule has 196 valence electrons. The van der Waals surface area contributed by atoms with Crippen molar-refractivity contribution >= 4 is 28.5 Å². The maximum atomic E-state index is 12.9. The molecule has 0 fully saturated rings. The van der Waals surface area contributed by atoms with Crippen molar-refractivity contribution in [1.82, 2.24) is 0 Å². The summed E-state index contributed by atoms with van der Waals surface area (Å²) < 4.78 is 16.7. The van der Waals surface area contributed by atoms with E-state index in [1.54, 1.807) is 42.5 Å². The van der Waals surface area contributed by atoms with E-state index >= 15 is 0 Å². The van der Waals surface area contributed by atoms with Crippen molar-refractivity contribution in [1.29, 1.82) is 0 Å². The molecule has 0 spiro atoms. The highest BCUT2D eigenvalue weighted by molar-refractivity contribution is 6.08. The standard InChI is InChI=1S/C31H31NO6/c1-21(2)20-37-31(35)28-19-27(33)25-12-8-13-26(29(25)38-28)32-30(34)23-14-16-24(17-15-23)36-18-7-6-11-22-9-4-3-5-10-22/h3-5,8-10,12-17,19,21H,6-7,11,18,20H2,1-2H3,(H,32,34). The van der Waals surface area contributed by atoms with E-state index in [-0.39, 0.29) is 40.8 Å². The lowest BCUT2D eigenvalue weighted by atomic mass is 10.1. The van der Waals surface area contributed by atoms with Crippen molar-refractivity contribution in [3.05, 3.63) is 106 Å². The highest BCUT2D eigenvalue weighted by Crippen LogP contribution is 2.24. The van der Waals surface area contributed by atoms with Gasteiger partial charge in [0.15, 0.2) is 11.0 Å². The van der Waals surface area contributed by atoms with E-state index in [1.165, 1.54) is 5.56 Å². The van der Waals surface area contributed by atoms with Gasteiger partial charge in [-0.1, -0.05) is 50.2 Å². The summed E-state index contributed by atoms with van der Waals surface area (Å²) in [5.74, 6) is -0.508. The Bertz CT molecular complexity index is 1440. The number of rotatable bonds is 11. The first-order chi connectivity index (χ1) is 18.4. The van der Waals surface area contributed by atoms with Crippen LogP contribution in [0.2, 0.25) is 0 Å². The fraction of sp³-hybridized carbons (Fsp3) is 0.258. The summed E-state index contributed by atoms with van der Waals surface area (Å²) in [4.78, 5) is 37.9. The highest BCUT2D eigenvalue weighted by Gasteiger charge is 2.17. The molecule has 3 aromatic carbocycles. The summed E-state index contributed by atoms with van der Waals surface area (Å²) in [6.45, 7) is 4.61. The highest BCUT2D eigenvalue weighted by atomic mass is 16.5. The fourth-order valence-electron chi connectivity index (χ4n) is 3.85. The molecule has 0 aliphatic heterocycles. The number of para-hydroxylation sites is 1. The number of fused-ring (bicyclic) bond motifs is 1. The molecule has 1 amide bonds. The number of benzene rings is 3. The van der Waals surface area contributed by atoms with Crippen molar-refractivity contribution in [3.8, 4) is 5.75 Å². The van der Waals surface area contributed by atoms with Gasteiger partial charge < -0.3 is 19.2 Å². The number of hydrogen-bond acceptors (Lipinski definition) is 6. The Kier molecular flexibility index (Phi) is 8.93. The number of amides is 1. The number of carbonyl (C=O) groups excluding carboxylic acids is 2. The van der Waals surface area contributed by atoms with Crippen molar-refractivity contribution in [3.63, 3.8) is 0 Å². The van der Waals surface area contributed by atoms with Gasteiger partial charge in [0.25, 0.3) is 5.91 Å². The minimum Gasteiger partial charge on any atom is -0.494 e. The number of carbonyl (C=O) groups is 2. The van der Waals surface area contributed by atoms with Crippen molar-refractivity contribution in [2.24, 2.45) is 5.92 Å². The SMILES string of the molecule is CC(C)COC(=O)c1cc(=O)c2cccc(NC(=O)c3ccc(OCCCCc4ccccc4)cc3)c2o1. The third kappa shape index (κ3) is 7.09. The van der Waals surface area contributed by atoms with Crippen LogP contribution in [0.5, 0.6) is 5.75 Å². The van der Waals surface area contributed by atoms with E-state index in [9.17, 15) is 14.4 Å². The van der Waals surface area contributed by atoms with Crippen LogP contribution in [0.15, 0.2) is 88.1 Å². The van der Waals surface area contributed by atoms with Gasteiger partial charge >= 0.3 is 5.97 Å². The lowest BCUT2D eigenvalue weighted by molar-refractivity contribution is 0.0423. The number of aryl methyl sites for hydroxylation is 1. The first kappa shape index (κ1) is 26.7. The summed E-state index contributed by atoms with van der Waals surface area (Å²) in [5.41, 5.74) is 1.72. The fourth-order valence-corrected chi connectivity index (χ4v) is 3.85. The molecule has 1 heterocycles. The molecule has 0 aliphatic rings. The Morgan fingerprint density at radius 2 is 1.68 bits per heavy atom. The Morgan fingerprint density at radius 3 is 2.42 bits per heavy atom. The van der Waals surface area contributed by atoms with Crippen LogP contribution < -0.4 is 15.5 Å². The van der Waals surface area contributed by atoms with Gasteiger partial charge in [0, 0.05) is 11.6 Å². The normalized spacial score (nSPS) is 10.9. The monoisotopic (exact) mass is 513 g/mol. The lowest BCUT2D eigenvalue weighted by Gasteiger charge is -2.11. The second-order valence-electron chi connectivity index (χ2n) is 9.42. The number of nitrogens with one attached hydrogen (secondary N) is 1. The van der Waals surface area contributed by atoms with Crippen LogP contribution in [0.4, 0.5) is 5.69 Å². The summed E-state index contributed by atoms with van der Waals surface area (Å²) in [6, 6.07) is 23.1. The second-order valence-corrected chi connectivity index (χ2v) is 9.42. The molecule has 0 aliphatic carbocycles. The molecule has 4 rings (SSSR count). The Morgan fingerprint density at radius 1 is 0.921 bits per heavy atom. The molecule has 7 nitrogen and oxygen atoms in total. The minimum absolute atomic E-state index is 0.111. The van der Waals surface area contributed by atoms with Crippen molar-refractivity contribution < 1.29 is 23.5 Å². The average molecular weight is 514 g/mol. The topological polar surface area (TPSA) is 94.8 Å². The van der Waals surface area contributed by atoms with Crippen LogP contribution in [-0.2, 0) is 11.2 Å². The van der Waals surface area contributed by atoms with Crippen LogP contribution in [0, 0.1) is 5.92 Å². The van der Waals surface area contributed by atoms with Gasteiger partial charge in [-0.2, -0.15) is 0 Å². The first-order valence-corrected chi connectivity index (χ1v) is 12.7. The molecule has 1 N–H and O–H groups in total. The van der Waals surface area contributed by atoms with Gasteiger partial charge in [-0.3, -0.25) is 9.59 Å². The van der Waals surface area contributed by atoms with E-state index in [0.717, 1.165) is 25.3 Å². The largest absolute Gasteiger partial charge is 0.494 e. The predicted octanol–water partition coefficient (Wildman–Crippen LogP) is 6.26. The lowest BCUT2D eigenvalue weighted by Crippen LogP contribution is -2.15. The van der Waals surface area contributed by atoms with Crippen LogP contribution in [0.3, 0.4) is 0 Å². The molecule has 0 saturated heterocycles. The minimum atomic E-state index is -0.727. The van der Waals surface area contributed by atoms with Gasteiger partial charge in [-0.05, 0) is 67.1 Å². The van der Waals surface area contributed by atoms with Crippen LogP contribution in [-0.4, -0.2) is 25.1 Å². The number of hydrogen-bond donors (Lipinski definition) is 1. The zero-order valence-corrected chi connectivity index (χ0v) is 21.6. The summed E-state index contributed by atoms with van der Waals surface area (Å²) in [5, 5.41) is 3.02. The summed E-state index contributed by atoms with van der Waals surface area (Å²) in [6.07, 6.45) is 2.97. The molecule has 4 aromatic rings. The maximum absolute atomic E-state index is 12.9. The van der Waals surface area contributed by atoms with Crippen LogP contribution in [0.25, 0.3) is 11.0 Å². The molecule has 7 heteroatoms. The molecule has 0 saturated carbocycles. The van der Waals surface area contributed by atoms with E-state index in [2.05, 4.69) is 17.4 Å². The number of anilines is 1. The van der Waals surface area contributed by atoms with Crippen LogP contribution >= 0.6 is 0 Å². The van der Waals surface area contributed by atoms with Gasteiger partial charge in [0.1, 0.15) is 5.75 Å². The van der Waals surface area contributed by atoms with Crippen LogP contribution in [0.1, 0.15) is 53.2 Å². The molecule has 0 radical (unpaired) electrons. The summed E-state index contributed by atoms with van der Waals surface area (Å²) >= 11 is 0. The average Bonchev–Trinajstić information content (AvgIpc) is 2.92. The first-order valence-electron chi connectivity index (χ1n) is 12.7. The predicted molar refractivity (Wildman–Crippen MR) is 147 cm³/mol. The number of unbranched alkanes of at least 4 members (excludes halogenated alkanes) is 1. The third-order valence-electron chi connectivity index (χ3n) is 5.84. The Labute approximate surface area is 221 Å². The van der Waals surface area contributed by atoms with E-state index in [1.807, 2.05) is 32.0 Å². The molecule has 1 aromatic heterocycles.